The summed E-state index contributed by atoms with van der Waals surface area (Å²) in [4.78, 5) is 7.10. The molecule has 0 spiro atoms. The van der Waals surface area contributed by atoms with Gasteiger partial charge in [0.15, 0.2) is 0 Å². The molecule has 3 rings (SSSR count). The number of nitrogens with one attached hydrogen (secondary N) is 2. The summed E-state index contributed by atoms with van der Waals surface area (Å²) in [6, 6.07) is 15.2. The van der Waals surface area contributed by atoms with Gasteiger partial charge in [-0.25, -0.2) is 0 Å². The monoisotopic (exact) mass is 587 g/mol. The maximum Gasteiger partial charge on any atom is 2.00 e. The van der Waals surface area contributed by atoms with Gasteiger partial charge in [0.05, 0.1) is 5.69 Å². The molecular formula is C30H42Cl2CoN4. The Kier molecular flexibility index (Phi) is 16.8. The van der Waals surface area contributed by atoms with Crippen molar-refractivity contribution < 1.29 is 41.6 Å². The van der Waals surface area contributed by atoms with Crippen LogP contribution in [0.15, 0.2) is 48.7 Å². The summed E-state index contributed by atoms with van der Waals surface area (Å²) >= 11 is 0. The van der Waals surface area contributed by atoms with Crippen molar-refractivity contribution in [1.82, 2.24) is 9.88 Å². The molecule has 7 heteroatoms. The van der Waals surface area contributed by atoms with Crippen molar-refractivity contribution >= 4 is 11.4 Å². The van der Waals surface area contributed by atoms with Crippen molar-refractivity contribution in [2.24, 2.45) is 0 Å². The zero-order valence-electron chi connectivity index (χ0n) is 23.1. The Balaban J connectivity index is 0.00000432. The molecule has 205 valence electrons. The van der Waals surface area contributed by atoms with E-state index >= 15 is 0 Å². The Morgan fingerprint density at radius 3 is 1.49 bits per heavy atom. The van der Waals surface area contributed by atoms with Gasteiger partial charge in [-0.05, 0) is 88.8 Å². The molecule has 37 heavy (non-hydrogen) atoms. The molecule has 0 aliphatic carbocycles. The second kappa shape index (κ2) is 17.7. The van der Waals surface area contributed by atoms with E-state index in [1.807, 2.05) is 12.3 Å². The van der Waals surface area contributed by atoms with Gasteiger partial charge in [0, 0.05) is 50.3 Å². The van der Waals surface area contributed by atoms with Crippen LogP contribution in [-0.4, -0.2) is 36.1 Å². The van der Waals surface area contributed by atoms with Crippen molar-refractivity contribution in [1.29, 1.82) is 0 Å². The Bertz CT molecular complexity index is 965. The molecule has 0 saturated heterocycles. The van der Waals surface area contributed by atoms with E-state index < -0.39 is 0 Å². The molecule has 0 bridgehead atoms. The van der Waals surface area contributed by atoms with Crippen LogP contribution < -0.4 is 35.4 Å². The van der Waals surface area contributed by atoms with Gasteiger partial charge in [0.1, 0.15) is 0 Å². The fraction of sp³-hybridized carbons (Fsp3) is 0.433. The maximum absolute atomic E-state index is 4.56. The largest absolute Gasteiger partial charge is 2.00 e. The third-order valence-electron chi connectivity index (χ3n) is 6.37. The Morgan fingerprint density at radius 2 is 1.11 bits per heavy atom. The van der Waals surface area contributed by atoms with Crippen molar-refractivity contribution in [3.8, 4) is 0 Å². The van der Waals surface area contributed by atoms with E-state index in [-0.39, 0.29) is 41.6 Å². The minimum absolute atomic E-state index is 0. The summed E-state index contributed by atoms with van der Waals surface area (Å²) in [5, 5.41) is 7.36. The van der Waals surface area contributed by atoms with E-state index in [1.165, 1.54) is 44.8 Å². The molecule has 0 unspecified atom stereocenters. The maximum atomic E-state index is 4.56. The van der Waals surface area contributed by atoms with E-state index in [9.17, 15) is 0 Å². The number of benzene rings is 2. The fourth-order valence-electron chi connectivity index (χ4n) is 4.94. The topological polar surface area (TPSA) is 40.2 Å². The van der Waals surface area contributed by atoms with Crippen LogP contribution in [0.2, 0.25) is 0 Å². The number of hydrogen-bond donors (Lipinski definition) is 2. The average molecular weight is 589 g/mol. The molecule has 0 aliphatic heterocycles. The average Bonchev–Trinajstić information content (AvgIpc) is 2.77. The van der Waals surface area contributed by atoms with E-state index in [1.54, 1.807) is 0 Å². The molecule has 2 aromatic carbocycles. The van der Waals surface area contributed by atoms with Gasteiger partial charge < -0.3 is 35.4 Å². The number of halogens is 2. The van der Waals surface area contributed by atoms with Gasteiger partial charge in [0.2, 0.25) is 0 Å². The molecule has 0 aliphatic rings. The zero-order chi connectivity index (χ0) is 24.5. The molecule has 1 radical (unpaired) electrons. The minimum Gasteiger partial charge on any atom is -1.00 e. The minimum atomic E-state index is 0. The first kappa shape index (κ1) is 35.2. The standard InChI is InChI=1S/C30H42N4.2ClH.Co/c1-22-17-24(3)29(25(4)18-22)32-13-9-15-34(21-28-11-7-8-12-31-28)16-10-14-33-30-26(5)19-23(2)20-27(30)6;;;/h7-8,11-12,17-20,32-33H,9-10,13-16,21H2,1-6H3;2*1H;/q;;;+2/p-2. The van der Waals surface area contributed by atoms with Gasteiger partial charge in [-0.15, -0.1) is 0 Å². The smallest absolute Gasteiger partial charge is 1.00 e. The SMILES string of the molecule is Cc1cc(C)c(NCCCN(CCCNc2c(C)cc(C)cc2C)Cc2ccccn2)c(C)c1.[Cl-].[Cl-].[Co+2]. The van der Waals surface area contributed by atoms with Crippen LogP contribution in [0.1, 0.15) is 51.9 Å². The number of aryl methyl sites for hydroxylation is 6. The van der Waals surface area contributed by atoms with Crippen LogP contribution in [0.25, 0.3) is 0 Å². The molecule has 1 aromatic heterocycles. The number of anilines is 2. The van der Waals surface area contributed by atoms with E-state index in [0.29, 0.717) is 0 Å². The van der Waals surface area contributed by atoms with E-state index in [0.717, 1.165) is 51.3 Å². The number of aromatic nitrogens is 1. The van der Waals surface area contributed by atoms with Crippen LogP contribution in [-0.2, 0) is 23.3 Å². The summed E-state index contributed by atoms with van der Waals surface area (Å²) in [6.07, 6.45) is 4.09. The second-order valence-electron chi connectivity index (χ2n) is 9.71. The third kappa shape index (κ3) is 11.2. The second-order valence-corrected chi connectivity index (χ2v) is 9.71. The summed E-state index contributed by atoms with van der Waals surface area (Å²) < 4.78 is 0. The van der Waals surface area contributed by atoms with Crippen molar-refractivity contribution in [3.05, 3.63) is 87.7 Å². The number of nitrogens with zero attached hydrogens (tertiary/aromatic N) is 2. The fourth-order valence-corrected chi connectivity index (χ4v) is 4.94. The van der Waals surface area contributed by atoms with Gasteiger partial charge in [0.25, 0.3) is 0 Å². The Morgan fingerprint density at radius 1 is 0.676 bits per heavy atom. The summed E-state index contributed by atoms with van der Waals surface area (Å²) in [5.74, 6) is 0. The summed E-state index contributed by atoms with van der Waals surface area (Å²) in [7, 11) is 0. The first-order valence-corrected chi connectivity index (χ1v) is 12.6. The Hall–Kier alpha value is -1.76. The first-order valence-electron chi connectivity index (χ1n) is 12.6. The van der Waals surface area contributed by atoms with Gasteiger partial charge in [-0.1, -0.05) is 41.5 Å². The van der Waals surface area contributed by atoms with Crippen molar-refractivity contribution in [2.75, 3.05) is 36.8 Å². The number of hydrogen-bond acceptors (Lipinski definition) is 4. The summed E-state index contributed by atoms with van der Waals surface area (Å²) in [5.41, 5.74) is 11.7. The van der Waals surface area contributed by atoms with Crippen LogP contribution in [0.3, 0.4) is 0 Å². The molecular weight excluding hydrogens is 546 g/mol. The molecule has 3 aromatic rings. The molecule has 2 N–H and O–H groups in total. The van der Waals surface area contributed by atoms with Crippen molar-refractivity contribution in [2.45, 2.75) is 60.9 Å². The normalized spacial score (nSPS) is 10.2. The summed E-state index contributed by atoms with van der Waals surface area (Å²) in [6.45, 7) is 18.1. The van der Waals surface area contributed by atoms with Gasteiger partial charge in [-0.2, -0.15) is 0 Å². The quantitative estimate of drug-likeness (QED) is 0.307. The van der Waals surface area contributed by atoms with Crippen molar-refractivity contribution in [3.63, 3.8) is 0 Å². The molecule has 4 nitrogen and oxygen atoms in total. The molecule has 0 fully saturated rings. The molecule has 1 heterocycles. The molecule has 0 atom stereocenters. The predicted molar refractivity (Wildman–Crippen MR) is 147 cm³/mol. The number of pyridine rings is 1. The third-order valence-corrected chi connectivity index (χ3v) is 6.37. The molecule has 0 amide bonds. The van der Waals surface area contributed by atoms with Crippen LogP contribution in [0.5, 0.6) is 0 Å². The zero-order valence-corrected chi connectivity index (χ0v) is 25.6. The first-order chi connectivity index (χ1) is 16.3. The van der Waals surface area contributed by atoms with Crippen LogP contribution >= 0.6 is 0 Å². The van der Waals surface area contributed by atoms with Crippen LogP contribution in [0, 0.1) is 41.5 Å². The predicted octanol–water partition coefficient (Wildman–Crippen LogP) is 0.744. The molecule has 0 saturated carbocycles. The number of rotatable bonds is 12. The van der Waals surface area contributed by atoms with Crippen LogP contribution in [0.4, 0.5) is 11.4 Å². The van der Waals surface area contributed by atoms with E-state index in [4.69, 9.17) is 0 Å². The van der Waals surface area contributed by atoms with E-state index in [2.05, 4.69) is 98.5 Å². The van der Waals surface area contributed by atoms with Gasteiger partial charge >= 0.3 is 16.8 Å². The Labute approximate surface area is 247 Å². The van der Waals surface area contributed by atoms with Gasteiger partial charge in [-0.3, -0.25) is 9.88 Å².